The number of carbonyl (C=O) groups excluding carboxylic acids is 1. The number of benzene rings is 1. The predicted octanol–water partition coefficient (Wildman–Crippen LogP) is 1.80. The molecule has 1 aliphatic heterocycles. The summed E-state index contributed by atoms with van der Waals surface area (Å²) in [5.74, 6) is 0. The number of anilines is 1. The van der Waals surface area contributed by atoms with Crippen LogP contribution in [0.5, 0.6) is 0 Å². The van der Waals surface area contributed by atoms with E-state index in [0.717, 1.165) is 16.8 Å². The molecule has 5 nitrogen and oxygen atoms in total. The molecular formula is C14H21N3O2. The molecule has 0 bridgehead atoms. The van der Waals surface area contributed by atoms with E-state index < -0.39 is 0 Å². The lowest BCUT2D eigenvalue weighted by Gasteiger charge is -2.29. The summed E-state index contributed by atoms with van der Waals surface area (Å²) in [4.78, 5) is 11.9. The van der Waals surface area contributed by atoms with Gasteiger partial charge in [-0.2, -0.15) is 0 Å². The van der Waals surface area contributed by atoms with E-state index in [2.05, 4.69) is 10.7 Å². The molecule has 0 saturated carbocycles. The van der Waals surface area contributed by atoms with Gasteiger partial charge in [-0.25, -0.2) is 9.80 Å². The summed E-state index contributed by atoms with van der Waals surface area (Å²) in [5, 5.41) is 14.1. The molecule has 0 spiro atoms. The highest BCUT2D eigenvalue weighted by Crippen LogP contribution is 2.16. The first-order chi connectivity index (χ1) is 9.04. The van der Waals surface area contributed by atoms with E-state index in [-0.39, 0.29) is 12.1 Å². The molecule has 2 amide bonds. The summed E-state index contributed by atoms with van der Waals surface area (Å²) in [7, 11) is 0. The Bertz CT molecular complexity index is 454. The number of hydrazine groups is 1. The third-order valence-corrected chi connectivity index (χ3v) is 3.37. The van der Waals surface area contributed by atoms with Crippen molar-refractivity contribution in [2.24, 2.45) is 0 Å². The standard InChI is InChI=1S/C14H21N3O2/c1-10-3-4-11(2)13(9-10)15-14(19)16-17-7-5-12(18)6-8-17/h3-4,9,12,18H,5-8H2,1-2H3,(H2,15,16,19). The fourth-order valence-electron chi connectivity index (χ4n) is 2.14. The normalized spacial score (nSPS) is 17.2. The molecule has 5 heteroatoms. The summed E-state index contributed by atoms with van der Waals surface area (Å²) < 4.78 is 0. The number of piperidine rings is 1. The zero-order chi connectivity index (χ0) is 13.8. The molecule has 0 aromatic heterocycles. The van der Waals surface area contributed by atoms with Gasteiger partial charge in [-0.1, -0.05) is 12.1 Å². The molecule has 0 unspecified atom stereocenters. The Balaban J connectivity index is 1.89. The number of carbonyl (C=O) groups is 1. The molecule has 1 aliphatic rings. The van der Waals surface area contributed by atoms with Crippen molar-refractivity contribution >= 4 is 11.7 Å². The maximum Gasteiger partial charge on any atom is 0.333 e. The molecular weight excluding hydrogens is 242 g/mol. The highest BCUT2D eigenvalue weighted by atomic mass is 16.3. The Morgan fingerprint density at radius 3 is 2.68 bits per heavy atom. The van der Waals surface area contributed by atoms with E-state index >= 15 is 0 Å². The highest BCUT2D eigenvalue weighted by molar-refractivity contribution is 5.89. The van der Waals surface area contributed by atoms with Gasteiger partial charge < -0.3 is 10.4 Å². The Labute approximate surface area is 113 Å². The van der Waals surface area contributed by atoms with Gasteiger partial charge in [0.2, 0.25) is 0 Å². The lowest BCUT2D eigenvalue weighted by atomic mass is 10.1. The predicted molar refractivity (Wildman–Crippen MR) is 74.9 cm³/mol. The lowest BCUT2D eigenvalue weighted by Crippen LogP contribution is -2.49. The molecule has 2 rings (SSSR count). The van der Waals surface area contributed by atoms with Crippen LogP contribution in [0.15, 0.2) is 18.2 Å². The molecule has 19 heavy (non-hydrogen) atoms. The van der Waals surface area contributed by atoms with Crippen LogP contribution in [0.4, 0.5) is 10.5 Å². The monoisotopic (exact) mass is 263 g/mol. The van der Waals surface area contributed by atoms with Gasteiger partial charge in [0.15, 0.2) is 0 Å². The van der Waals surface area contributed by atoms with Crippen LogP contribution in [0.3, 0.4) is 0 Å². The first-order valence-electron chi connectivity index (χ1n) is 6.62. The first kappa shape index (κ1) is 13.8. The third kappa shape index (κ3) is 3.94. The van der Waals surface area contributed by atoms with Crippen LogP contribution in [-0.2, 0) is 0 Å². The second kappa shape index (κ2) is 6.04. The number of amides is 2. The fraction of sp³-hybridized carbons (Fsp3) is 0.500. The maximum atomic E-state index is 11.9. The molecule has 1 aromatic carbocycles. The molecule has 104 valence electrons. The molecule has 1 aromatic rings. The average Bonchev–Trinajstić information content (AvgIpc) is 2.37. The zero-order valence-electron chi connectivity index (χ0n) is 11.4. The van der Waals surface area contributed by atoms with E-state index in [1.165, 1.54) is 0 Å². The van der Waals surface area contributed by atoms with E-state index in [4.69, 9.17) is 0 Å². The van der Waals surface area contributed by atoms with Gasteiger partial charge in [-0.3, -0.25) is 5.43 Å². The second-order valence-corrected chi connectivity index (χ2v) is 5.10. The average molecular weight is 263 g/mol. The summed E-state index contributed by atoms with van der Waals surface area (Å²) >= 11 is 0. The smallest absolute Gasteiger partial charge is 0.333 e. The van der Waals surface area contributed by atoms with Crippen molar-refractivity contribution in [2.45, 2.75) is 32.8 Å². The Hall–Kier alpha value is -1.59. The van der Waals surface area contributed by atoms with Crippen molar-refractivity contribution in [1.29, 1.82) is 0 Å². The number of aryl methyl sites for hydroxylation is 2. The van der Waals surface area contributed by atoms with Crippen molar-refractivity contribution in [1.82, 2.24) is 10.4 Å². The number of rotatable bonds is 2. The van der Waals surface area contributed by atoms with Gasteiger partial charge in [0, 0.05) is 18.8 Å². The quantitative estimate of drug-likeness (QED) is 0.762. The summed E-state index contributed by atoms with van der Waals surface area (Å²) in [6, 6.07) is 5.73. The Morgan fingerprint density at radius 2 is 2.00 bits per heavy atom. The second-order valence-electron chi connectivity index (χ2n) is 5.10. The minimum absolute atomic E-state index is 0.231. The first-order valence-corrected chi connectivity index (χ1v) is 6.62. The Kier molecular flexibility index (Phi) is 4.39. The van der Waals surface area contributed by atoms with Crippen LogP contribution in [-0.4, -0.2) is 35.3 Å². The number of hydrogen-bond acceptors (Lipinski definition) is 3. The summed E-state index contributed by atoms with van der Waals surface area (Å²) in [6.07, 6.45) is 1.16. The third-order valence-electron chi connectivity index (χ3n) is 3.37. The minimum Gasteiger partial charge on any atom is -0.393 e. The zero-order valence-corrected chi connectivity index (χ0v) is 11.4. The number of aliphatic hydroxyl groups is 1. The van der Waals surface area contributed by atoms with Crippen LogP contribution >= 0.6 is 0 Å². The van der Waals surface area contributed by atoms with E-state index in [9.17, 15) is 9.90 Å². The highest BCUT2D eigenvalue weighted by Gasteiger charge is 2.18. The van der Waals surface area contributed by atoms with E-state index in [1.54, 1.807) is 0 Å². The van der Waals surface area contributed by atoms with Crippen LogP contribution < -0.4 is 10.7 Å². The van der Waals surface area contributed by atoms with Crippen molar-refractivity contribution < 1.29 is 9.90 Å². The van der Waals surface area contributed by atoms with Crippen molar-refractivity contribution in [3.05, 3.63) is 29.3 Å². The summed E-state index contributed by atoms with van der Waals surface area (Å²) in [6.45, 7) is 5.32. The molecule has 0 atom stereocenters. The fourth-order valence-corrected chi connectivity index (χ4v) is 2.14. The maximum absolute atomic E-state index is 11.9. The molecule has 3 N–H and O–H groups in total. The lowest BCUT2D eigenvalue weighted by molar-refractivity contribution is 0.0644. The van der Waals surface area contributed by atoms with Gasteiger partial charge in [0.1, 0.15) is 0 Å². The van der Waals surface area contributed by atoms with Crippen molar-refractivity contribution in [3.8, 4) is 0 Å². The molecule has 0 aliphatic carbocycles. The summed E-state index contributed by atoms with van der Waals surface area (Å²) in [5.41, 5.74) is 5.78. The minimum atomic E-state index is -0.236. The van der Waals surface area contributed by atoms with Gasteiger partial charge in [-0.05, 0) is 43.9 Å². The topological polar surface area (TPSA) is 64.6 Å². The SMILES string of the molecule is Cc1ccc(C)c(NC(=O)NN2CCC(O)CC2)c1. The molecule has 0 radical (unpaired) electrons. The van der Waals surface area contributed by atoms with E-state index in [0.29, 0.717) is 25.9 Å². The largest absolute Gasteiger partial charge is 0.393 e. The van der Waals surface area contributed by atoms with Gasteiger partial charge in [-0.15, -0.1) is 0 Å². The van der Waals surface area contributed by atoms with Crippen molar-refractivity contribution in [3.63, 3.8) is 0 Å². The number of nitrogens with zero attached hydrogens (tertiary/aromatic N) is 1. The molecule has 1 heterocycles. The van der Waals surface area contributed by atoms with Gasteiger partial charge in [0.25, 0.3) is 0 Å². The molecule has 1 saturated heterocycles. The van der Waals surface area contributed by atoms with Crippen LogP contribution in [0, 0.1) is 13.8 Å². The number of urea groups is 1. The van der Waals surface area contributed by atoms with Gasteiger partial charge in [0.05, 0.1) is 6.10 Å². The number of hydrogen-bond donors (Lipinski definition) is 3. The molecule has 1 fully saturated rings. The van der Waals surface area contributed by atoms with Crippen LogP contribution in [0.2, 0.25) is 0 Å². The van der Waals surface area contributed by atoms with Crippen molar-refractivity contribution in [2.75, 3.05) is 18.4 Å². The number of aliphatic hydroxyl groups excluding tert-OH is 1. The Morgan fingerprint density at radius 1 is 1.32 bits per heavy atom. The van der Waals surface area contributed by atoms with Crippen LogP contribution in [0.1, 0.15) is 24.0 Å². The van der Waals surface area contributed by atoms with Crippen LogP contribution in [0.25, 0.3) is 0 Å². The van der Waals surface area contributed by atoms with Gasteiger partial charge >= 0.3 is 6.03 Å². The number of nitrogens with one attached hydrogen (secondary N) is 2. The van der Waals surface area contributed by atoms with E-state index in [1.807, 2.05) is 37.1 Å².